The average molecular weight is 1550 g/mol. The number of ether oxygens (including phenoxy) is 10. The molecule has 0 bridgehead atoms. The quantitative estimate of drug-likeness (QED) is 0.0243. The molecule has 113 heavy (non-hydrogen) atoms. The zero-order chi connectivity index (χ0) is 82.1. The summed E-state index contributed by atoms with van der Waals surface area (Å²) >= 11 is 0. The molecule has 0 aromatic heterocycles. The van der Waals surface area contributed by atoms with Gasteiger partial charge < -0.3 is 62.7 Å². The zero-order valence-electron chi connectivity index (χ0n) is 63.8. The number of hydrogen-bond acceptors (Lipinski definition) is 21. The van der Waals surface area contributed by atoms with Crippen LogP contribution < -0.4 is 47.4 Å². The number of benzene rings is 8. The van der Waals surface area contributed by atoms with E-state index in [1.807, 2.05) is 39.0 Å². The van der Waals surface area contributed by atoms with Crippen LogP contribution in [0.1, 0.15) is 97.0 Å². The van der Waals surface area contributed by atoms with E-state index in [4.69, 9.17) is 47.4 Å². The van der Waals surface area contributed by atoms with E-state index in [1.165, 1.54) is 156 Å². The lowest BCUT2D eigenvalue weighted by molar-refractivity contribution is -0.123. The smallest absolute Gasteiger partial charge is 0.165 e. The number of ketones is 8. The van der Waals surface area contributed by atoms with Crippen LogP contribution in [-0.2, 0) is 38.4 Å². The third kappa shape index (κ3) is 32.2. The molecule has 0 heterocycles. The van der Waals surface area contributed by atoms with Crippen molar-refractivity contribution in [3.63, 3.8) is 0 Å². The number of phenolic OH excluding ortho intramolecular Hbond substituents is 3. The second-order valence-electron chi connectivity index (χ2n) is 23.6. The van der Waals surface area contributed by atoms with Gasteiger partial charge >= 0.3 is 0 Å². The second-order valence-corrected chi connectivity index (χ2v) is 23.6. The van der Waals surface area contributed by atoms with E-state index in [2.05, 4.69) is 0 Å². The fourth-order valence-electron chi connectivity index (χ4n) is 9.70. The lowest BCUT2D eigenvalue weighted by Gasteiger charge is -2.07. The van der Waals surface area contributed by atoms with Crippen molar-refractivity contribution in [2.45, 2.75) is 53.9 Å². The van der Waals surface area contributed by atoms with Gasteiger partial charge in [0.25, 0.3) is 0 Å². The molecule has 21 nitrogen and oxygen atoms in total. The van der Waals surface area contributed by atoms with Crippen molar-refractivity contribution in [1.29, 1.82) is 0 Å². The molecule has 8 aromatic rings. The normalized spacial score (nSPS) is 10.9. The standard InChI is InChI=1S/C24H26O5.C23H24O6.C21H18F2O4.C21H20O6.CH4/c1-4-28-23-14-18(7-6-17(23)3)8-11-20(25)16-21(26)12-9-19-10-13-22(27)24(15-19)29-5-2;1-26-20-11-7-16(13-22(20)28-3)5-9-18(24)15-19(25)10-6-17-8-12-21(27-2)23(14-17)29-4;1-26-20-11-14(5-9-18(20)22)3-7-16(24)13-17(25)8-4-15-6-10-19(23)21(12-15)27-2;1-26-20-9-5-14(11-18(20)24)3-7-16(22)13-17(23)8-4-15-6-10-21(27-2)19(25)12-15;/h6-15,27H,4-5,16H2,1-3H3;5-14H,15H2,1-4H3;3-12H,13H2,1-2H3;3-12,24-25H,13H2,1-2H3;1H4/b11-8+,12-9+;9-5+,10-6+;2*7-3+,8-4+;. The average Bonchev–Trinajstić information content (AvgIpc) is 0.887. The molecule has 592 valence electrons. The highest BCUT2D eigenvalue weighted by Gasteiger charge is 2.13. The molecule has 0 amide bonds. The van der Waals surface area contributed by atoms with Crippen LogP contribution in [0.4, 0.5) is 8.78 Å². The highest BCUT2D eigenvalue weighted by molar-refractivity contribution is 6.13. The van der Waals surface area contributed by atoms with Gasteiger partial charge in [-0.05, 0) is 210 Å². The lowest BCUT2D eigenvalue weighted by atomic mass is 10.1. The fraction of sp³-hybridized carbons (Fsp3) is 0.200. The number of hydrogen-bond donors (Lipinski definition) is 3. The van der Waals surface area contributed by atoms with Gasteiger partial charge in [-0.25, -0.2) is 8.78 Å². The maximum atomic E-state index is 13.3. The molecule has 0 fully saturated rings. The highest BCUT2D eigenvalue weighted by Crippen LogP contribution is 2.32. The Balaban J connectivity index is 0.000000317. The molecule has 0 saturated carbocycles. The Kier molecular flexibility index (Phi) is 39.5. The van der Waals surface area contributed by atoms with Crippen LogP contribution in [0.5, 0.6) is 74.7 Å². The van der Waals surface area contributed by atoms with Crippen LogP contribution in [-0.4, -0.2) is 132 Å². The Bertz CT molecular complexity index is 4560. The Hall–Kier alpha value is -13.7. The lowest BCUT2D eigenvalue weighted by Crippen LogP contribution is -2.02. The summed E-state index contributed by atoms with van der Waals surface area (Å²) in [5.41, 5.74) is 6.46. The molecular formula is C90H92F2O21. The number of halogens is 2. The number of rotatable bonds is 36. The number of methoxy groups -OCH3 is 8. The van der Waals surface area contributed by atoms with E-state index in [1.54, 1.807) is 126 Å². The molecular weight excluding hydrogens is 1450 g/mol. The molecule has 8 rings (SSSR count). The molecule has 0 radical (unpaired) electrons. The van der Waals surface area contributed by atoms with Gasteiger partial charge in [-0.15, -0.1) is 0 Å². The first-order valence-electron chi connectivity index (χ1n) is 34.5. The summed E-state index contributed by atoms with van der Waals surface area (Å²) < 4.78 is 78.0. The first-order valence-corrected chi connectivity index (χ1v) is 34.5. The monoisotopic (exact) mass is 1550 g/mol. The Morgan fingerprint density at radius 3 is 0.770 bits per heavy atom. The van der Waals surface area contributed by atoms with Gasteiger partial charge in [0, 0.05) is 0 Å². The summed E-state index contributed by atoms with van der Waals surface area (Å²) in [5.74, 6) is 0.566. The predicted molar refractivity (Wildman–Crippen MR) is 433 cm³/mol. The van der Waals surface area contributed by atoms with Gasteiger partial charge in [0.1, 0.15) is 5.75 Å². The fourth-order valence-corrected chi connectivity index (χ4v) is 9.70. The SMILES string of the molecule is C.CCOc1cc(/C=C/C(=O)CC(=O)/C=C/c2ccc(O)c(OCC)c2)ccc1C.COc1cc(/C=C/C(=O)CC(=O)/C=C/c2ccc(F)c(OC)c2)ccc1F.COc1ccc(/C=C/C(=O)CC(=O)/C=C/c2ccc(OC)c(O)c2)cc1O.COc1ccc(/C=C/C(=O)CC(=O)/C=C/c2ccc(OC)c(OC)c2)cc1OC. The van der Waals surface area contributed by atoms with Crippen molar-refractivity contribution in [1.82, 2.24) is 0 Å². The Morgan fingerprint density at radius 2 is 0.496 bits per heavy atom. The second kappa shape index (κ2) is 48.7. The number of allylic oxidation sites excluding steroid dienone is 8. The third-order valence-electron chi connectivity index (χ3n) is 15.5. The van der Waals surface area contributed by atoms with Crippen molar-refractivity contribution in [2.24, 2.45) is 0 Å². The Morgan fingerprint density at radius 1 is 0.274 bits per heavy atom. The maximum Gasteiger partial charge on any atom is 0.165 e. The molecule has 0 unspecified atom stereocenters. The van der Waals surface area contributed by atoms with Crippen molar-refractivity contribution in [2.75, 3.05) is 70.1 Å². The molecule has 23 heteroatoms. The summed E-state index contributed by atoms with van der Waals surface area (Å²) in [6.07, 6.45) is 22.1. The summed E-state index contributed by atoms with van der Waals surface area (Å²) in [5, 5.41) is 29.1. The van der Waals surface area contributed by atoms with Gasteiger partial charge in [-0.3, -0.25) is 38.4 Å². The summed E-state index contributed by atoms with van der Waals surface area (Å²) in [7, 11) is 11.8. The minimum Gasteiger partial charge on any atom is -0.504 e. The Labute approximate surface area is 656 Å². The van der Waals surface area contributed by atoms with Crippen LogP contribution in [0.25, 0.3) is 48.6 Å². The molecule has 0 atom stereocenters. The number of carbonyl (C=O) groups excluding carboxylic acids is 8. The van der Waals surface area contributed by atoms with Crippen LogP contribution in [0.15, 0.2) is 194 Å². The third-order valence-corrected chi connectivity index (χ3v) is 15.5. The zero-order valence-corrected chi connectivity index (χ0v) is 63.8. The number of aryl methyl sites for hydroxylation is 1. The van der Waals surface area contributed by atoms with Crippen molar-refractivity contribution >= 4 is 94.9 Å². The molecule has 0 aliphatic heterocycles. The summed E-state index contributed by atoms with van der Waals surface area (Å²) in [6.45, 7) is 6.69. The van der Waals surface area contributed by atoms with E-state index >= 15 is 0 Å². The van der Waals surface area contributed by atoms with Crippen LogP contribution >= 0.6 is 0 Å². The molecule has 0 saturated heterocycles. The number of phenols is 3. The van der Waals surface area contributed by atoms with Crippen molar-refractivity contribution in [3.05, 3.63) is 256 Å². The minimum atomic E-state index is -0.501. The molecule has 8 aromatic carbocycles. The van der Waals surface area contributed by atoms with Crippen LogP contribution in [0.2, 0.25) is 0 Å². The van der Waals surface area contributed by atoms with Crippen molar-refractivity contribution < 1.29 is 110 Å². The van der Waals surface area contributed by atoms with Gasteiger partial charge in [-0.2, -0.15) is 0 Å². The largest absolute Gasteiger partial charge is 0.504 e. The first kappa shape index (κ1) is 91.7. The first-order chi connectivity index (χ1) is 53.8. The molecule has 3 N–H and O–H groups in total. The maximum absolute atomic E-state index is 13.3. The highest BCUT2D eigenvalue weighted by atomic mass is 19.1. The van der Waals surface area contributed by atoms with E-state index in [-0.39, 0.29) is 96.6 Å². The van der Waals surface area contributed by atoms with Gasteiger partial charge in [-0.1, -0.05) is 111 Å². The summed E-state index contributed by atoms with van der Waals surface area (Å²) in [6, 6.07) is 38.9. The molecule has 0 aliphatic rings. The summed E-state index contributed by atoms with van der Waals surface area (Å²) in [4.78, 5) is 95.8. The number of aromatic hydroxyl groups is 3. The van der Waals surface area contributed by atoms with E-state index in [9.17, 15) is 62.5 Å². The van der Waals surface area contributed by atoms with E-state index < -0.39 is 23.2 Å². The number of carbonyl (C=O) groups is 8. The van der Waals surface area contributed by atoms with E-state index in [0.29, 0.717) is 81.3 Å². The van der Waals surface area contributed by atoms with Gasteiger partial charge in [0.15, 0.2) is 127 Å². The van der Waals surface area contributed by atoms with Crippen molar-refractivity contribution in [3.8, 4) is 74.7 Å². The minimum absolute atomic E-state index is 0. The predicted octanol–water partition coefficient (Wildman–Crippen LogP) is 17.0. The molecule has 0 spiro atoms. The van der Waals surface area contributed by atoms with Gasteiger partial charge in [0.2, 0.25) is 0 Å². The molecule has 0 aliphatic carbocycles. The van der Waals surface area contributed by atoms with E-state index in [0.717, 1.165) is 28.0 Å². The van der Waals surface area contributed by atoms with Crippen LogP contribution in [0, 0.1) is 18.6 Å². The topological polar surface area (TPSA) is 290 Å². The van der Waals surface area contributed by atoms with Crippen LogP contribution in [0.3, 0.4) is 0 Å². The van der Waals surface area contributed by atoms with Gasteiger partial charge in [0.05, 0.1) is 95.8 Å².